The van der Waals surface area contributed by atoms with Crippen LogP contribution in [0.5, 0.6) is 6.01 Å². The van der Waals surface area contributed by atoms with Gasteiger partial charge in [0.15, 0.2) is 5.82 Å². The van der Waals surface area contributed by atoms with Crippen LogP contribution in [-0.2, 0) is 16.6 Å². The molecule has 7 nitrogen and oxygen atoms in total. The van der Waals surface area contributed by atoms with Crippen molar-refractivity contribution in [3.8, 4) is 6.01 Å². The van der Waals surface area contributed by atoms with E-state index in [4.69, 9.17) is 27.9 Å². The zero-order valence-corrected chi connectivity index (χ0v) is 16.7. The fourth-order valence-corrected chi connectivity index (χ4v) is 5.12. The van der Waals surface area contributed by atoms with Gasteiger partial charge in [-0.3, -0.25) is 4.57 Å². The molecule has 0 saturated heterocycles. The molecule has 0 spiro atoms. The minimum absolute atomic E-state index is 0.0468. The van der Waals surface area contributed by atoms with E-state index < -0.39 is 16.1 Å². The monoisotopic (exact) mass is 412 g/mol. The van der Waals surface area contributed by atoms with Crippen molar-refractivity contribution in [1.82, 2.24) is 19.5 Å². The third kappa shape index (κ3) is 4.20. The van der Waals surface area contributed by atoms with Crippen molar-refractivity contribution in [2.45, 2.75) is 50.6 Å². The number of rotatable bonds is 7. The van der Waals surface area contributed by atoms with Crippen molar-refractivity contribution in [2.24, 2.45) is 0 Å². The summed E-state index contributed by atoms with van der Waals surface area (Å²) in [6.07, 6.45) is -0.0604. The number of thiophene rings is 1. The highest BCUT2D eigenvalue weighted by Gasteiger charge is 2.26. The first-order valence-electron chi connectivity index (χ1n) is 7.22. The second-order valence-corrected chi connectivity index (χ2v) is 9.28. The summed E-state index contributed by atoms with van der Waals surface area (Å²) < 4.78 is 35.1. The number of hydrogen-bond acceptors (Lipinski definition) is 6. The van der Waals surface area contributed by atoms with E-state index in [1.807, 2.05) is 20.8 Å². The molecule has 0 fully saturated rings. The lowest BCUT2D eigenvalue weighted by Crippen LogP contribution is -2.28. The minimum atomic E-state index is -3.77. The van der Waals surface area contributed by atoms with Gasteiger partial charge in [-0.1, -0.05) is 28.3 Å². The Morgan fingerprint density at radius 2 is 2.00 bits per heavy atom. The molecule has 24 heavy (non-hydrogen) atoms. The number of ether oxygens (including phenoxy) is 1. The smallest absolute Gasteiger partial charge is 0.317 e. The van der Waals surface area contributed by atoms with Crippen LogP contribution in [0.25, 0.3) is 0 Å². The van der Waals surface area contributed by atoms with Gasteiger partial charge in [0, 0.05) is 6.54 Å². The van der Waals surface area contributed by atoms with Gasteiger partial charge in [0.1, 0.15) is 8.55 Å². The summed E-state index contributed by atoms with van der Waals surface area (Å²) >= 11 is 12.6. The van der Waals surface area contributed by atoms with E-state index in [1.165, 1.54) is 6.07 Å². The van der Waals surface area contributed by atoms with Crippen LogP contribution in [0.2, 0.25) is 9.36 Å². The van der Waals surface area contributed by atoms with Crippen molar-refractivity contribution in [2.75, 3.05) is 0 Å². The number of aromatic nitrogens is 3. The van der Waals surface area contributed by atoms with Crippen molar-refractivity contribution in [1.29, 1.82) is 0 Å². The minimum Gasteiger partial charge on any atom is -0.461 e. The van der Waals surface area contributed by atoms with E-state index in [0.717, 1.165) is 11.3 Å². The zero-order valence-electron chi connectivity index (χ0n) is 13.6. The van der Waals surface area contributed by atoms with Crippen LogP contribution in [-0.4, -0.2) is 29.3 Å². The average molecular weight is 413 g/mol. The molecule has 0 aromatic carbocycles. The van der Waals surface area contributed by atoms with Gasteiger partial charge in [-0.05, 0) is 33.8 Å². The number of hydrogen-bond donors (Lipinski definition) is 1. The molecule has 0 radical (unpaired) electrons. The van der Waals surface area contributed by atoms with Crippen molar-refractivity contribution < 1.29 is 13.2 Å². The fraction of sp³-hybridized carbons (Fsp3) is 0.538. The first-order chi connectivity index (χ1) is 11.2. The van der Waals surface area contributed by atoms with E-state index in [0.29, 0.717) is 18.4 Å². The Kier molecular flexibility index (Phi) is 6.14. The number of halogens is 2. The normalized spacial score (nSPS) is 13.5. The molecule has 1 atom stereocenters. The maximum atomic E-state index is 12.5. The van der Waals surface area contributed by atoms with Gasteiger partial charge >= 0.3 is 6.01 Å². The van der Waals surface area contributed by atoms with Crippen LogP contribution in [0.3, 0.4) is 0 Å². The average Bonchev–Trinajstić information content (AvgIpc) is 3.02. The molecule has 1 N–H and O–H groups in total. The summed E-state index contributed by atoms with van der Waals surface area (Å²) in [7, 11) is -3.77. The first kappa shape index (κ1) is 19.5. The third-order valence-corrected chi connectivity index (χ3v) is 6.89. The molecule has 11 heteroatoms. The fourth-order valence-electron chi connectivity index (χ4n) is 2.02. The summed E-state index contributed by atoms with van der Waals surface area (Å²) in [6, 6.07) is 1.07. The Hall–Kier alpha value is -0.870. The third-order valence-electron chi connectivity index (χ3n) is 3.01. The van der Waals surface area contributed by atoms with E-state index >= 15 is 0 Å². The lowest BCUT2D eigenvalue weighted by molar-refractivity contribution is 0.211. The van der Waals surface area contributed by atoms with Gasteiger partial charge in [-0.25, -0.2) is 8.42 Å². The number of nitrogens with zero attached hydrogens (tertiary/aromatic N) is 3. The maximum Gasteiger partial charge on any atom is 0.317 e. The molecule has 0 aliphatic heterocycles. The Morgan fingerprint density at radius 1 is 1.33 bits per heavy atom. The van der Waals surface area contributed by atoms with Gasteiger partial charge in [0.2, 0.25) is 0 Å². The van der Waals surface area contributed by atoms with Gasteiger partial charge in [0.05, 0.1) is 17.2 Å². The van der Waals surface area contributed by atoms with Crippen molar-refractivity contribution in [3.05, 3.63) is 21.2 Å². The zero-order chi connectivity index (χ0) is 18.1. The molecule has 0 aliphatic rings. The molecule has 2 aromatic heterocycles. The summed E-state index contributed by atoms with van der Waals surface area (Å²) in [5, 5.41) is 8.25. The van der Waals surface area contributed by atoms with E-state index in [9.17, 15) is 8.42 Å². The highest BCUT2D eigenvalue weighted by atomic mass is 35.5. The molecule has 2 aromatic rings. The van der Waals surface area contributed by atoms with Crippen LogP contribution in [0.15, 0.2) is 10.3 Å². The second kappa shape index (κ2) is 7.57. The summed E-state index contributed by atoms with van der Waals surface area (Å²) in [6.45, 7) is 7.90. The van der Waals surface area contributed by atoms with Crippen LogP contribution >= 0.6 is 34.5 Å². The van der Waals surface area contributed by atoms with Crippen LogP contribution in [0.4, 0.5) is 0 Å². The molecular formula is C13H18Cl2N4O3S2. The Bertz CT molecular complexity index is 798. The number of sulfonamides is 1. The molecule has 2 heterocycles. The van der Waals surface area contributed by atoms with Gasteiger partial charge in [-0.2, -0.15) is 4.72 Å². The second-order valence-electron chi connectivity index (χ2n) is 5.28. The standard InChI is InChI=1S/C13H18Cl2N4O3S2/c1-5-19-12(16-17-13(19)22-7(2)3)8(4)18-24(20,21)10-6-9(14)11(15)23-10/h6-8,18H,5H2,1-4H3/t8-/m1/s1. The molecular weight excluding hydrogens is 395 g/mol. The van der Waals surface area contributed by atoms with E-state index in [2.05, 4.69) is 14.9 Å². The van der Waals surface area contributed by atoms with Crippen LogP contribution in [0.1, 0.15) is 39.6 Å². The van der Waals surface area contributed by atoms with Gasteiger partial charge in [0.25, 0.3) is 10.0 Å². The van der Waals surface area contributed by atoms with E-state index in [1.54, 1.807) is 11.5 Å². The molecule has 0 unspecified atom stereocenters. The molecule has 2 rings (SSSR count). The lowest BCUT2D eigenvalue weighted by atomic mass is 10.3. The van der Waals surface area contributed by atoms with Crippen molar-refractivity contribution in [3.63, 3.8) is 0 Å². The summed E-state index contributed by atoms with van der Waals surface area (Å²) in [5.74, 6) is 0.463. The Balaban J connectivity index is 2.26. The summed E-state index contributed by atoms with van der Waals surface area (Å²) in [5.41, 5.74) is 0. The largest absolute Gasteiger partial charge is 0.461 e. The molecule has 0 bridgehead atoms. The molecule has 0 saturated carbocycles. The van der Waals surface area contributed by atoms with Gasteiger partial charge in [-0.15, -0.1) is 16.4 Å². The van der Waals surface area contributed by atoms with Gasteiger partial charge < -0.3 is 4.74 Å². The molecule has 134 valence electrons. The molecule has 0 aliphatic carbocycles. The first-order valence-corrected chi connectivity index (χ1v) is 10.3. The van der Waals surface area contributed by atoms with Crippen LogP contribution in [0, 0.1) is 0 Å². The quantitative estimate of drug-likeness (QED) is 0.751. The topological polar surface area (TPSA) is 86.1 Å². The summed E-state index contributed by atoms with van der Waals surface area (Å²) in [4.78, 5) is 0. The van der Waals surface area contributed by atoms with Crippen molar-refractivity contribution >= 4 is 44.6 Å². The Morgan fingerprint density at radius 3 is 2.50 bits per heavy atom. The lowest BCUT2D eigenvalue weighted by Gasteiger charge is -2.15. The number of nitrogens with one attached hydrogen (secondary N) is 1. The SMILES string of the molecule is CCn1c(OC(C)C)nnc1[C@@H](C)NS(=O)(=O)c1cc(Cl)c(Cl)s1. The highest BCUT2D eigenvalue weighted by molar-refractivity contribution is 7.91. The maximum absolute atomic E-state index is 12.5. The highest BCUT2D eigenvalue weighted by Crippen LogP contribution is 2.34. The van der Waals surface area contributed by atoms with Crippen LogP contribution < -0.4 is 9.46 Å². The predicted octanol–water partition coefficient (Wildman–Crippen LogP) is 3.49. The van der Waals surface area contributed by atoms with E-state index in [-0.39, 0.29) is 19.7 Å². The molecule has 0 amide bonds. The Labute approximate surface area is 155 Å². The predicted molar refractivity (Wildman–Crippen MR) is 94.5 cm³/mol.